The molecule has 1 N–H and O–H groups in total. The lowest BCUT2D eigenvalue weighted by molar-refractivity contribution is 0.0926. The Morgan fingerprint density at radius 3 is 2.40 bits per heavy atom. The van der Waals surface area contributed by atoms with E-state index in [4.69, 9.17) is 9.47 Å². The summed E-state index contributed by atoms with van der Waals surface area (Å²) in [4.78, 5) is 12.4. The molecule has 0 saturated heterocycles. The number of hydrogen-bond acceptors (Lipinski definition) is 3. The van der Waals surface area contributed by atoms with Crippen LogP contribution < -0.4 is 14.8 Å². The molecule has 0 unspecified atom stereocenters. The van der Waals surface area contributed by atoms with E-state index in [0.29, 0.717) is 18.8 Å². The molecule has 0 aromatic heterocycles. The molecule has 0 fully saturated rings. The Morgan fingerprint density at radius 1 is 1.00 bits per heavy atom. The van der Waals surface area contributed by atoms with Gasteiger partial charge < -0.3 is 14.8 Å². The largest absolute Gasteiger partial charge is 0.494 e. The highest BCUT2D eigenvalue weighted by Gasteiger charge is 2.12. The predicted molar refractivity (Wildman–Crippen MR) is 101 cm³/mol. The van der Waals surface area contributed by atoms with Crippen LogP contribution in [0, 0.1) is 20.8 Å². The van der Waals surface area contributed by atoms with Gasteiger partial charge in [-0.05, 0) is 81.6 Å². The lowest BCUT2D eigenvalue weighted by Crippen LogP contribution is -2.36. The maximum Gasteiger partial charge on any atom is 0.251 e. The lowest BCUT2D eigenvalue weighted by Gasteiger charge is -2.16. The summed E-state index contributed by atoms with van der Waals surface area (Å²) in [6.07, 6.45) is 0. The molecular weight excluding hydrogens is 314 g/mol. The fraction of sp³-hybridized carbons (Fsp3) is 0.381. The van der Waals surface area contributed by atoms with Crippen molar-refractivity contribution in [3.05, 3.63) is 58.7 Å². The van der Waals surface area contributed by atoms with Gasteiger partial charge in [-0.25, -0.2) is 0 Å². The molecule has 0 spiro atoms. The van der Waals surface area contributed by atoms with Gasteiger partial charge >= 0.3 is 0 Å². The topological polar surface area (TPSA) is 47.6 Å². The van der Waals surface area contributed by atoms with Crippen LogP contribution in [0.2, 0.25) is 0 Å². The third-order valence-corrected chi connectivity index (χ3v) is 4.09. The molecule has 1 amide bonds. The zero-order valence-corrected chi connectivity index (χ0v) is 15.7. The van der Waals surface area contributed by atoms with Crippen LogP contribution in [-0.2, 0) is 0 Å². The summed E-state index contributed by atoms with van der Waals surface area (Å²) in [5.74, 6) is 1.52. The van der Waals surface area contributed by atoms with Gasteiger partial charge in [-0.2, -0.15) is 0 Å². The van der Waals surface area contributed by atoms with Crippen LogP contribution in [0.3, 0.4) is 0 Å². The number of amides is 1. The summed E-state index contributed by atoms with van der Waals surface area (Å²) in [7, 11) is 0. The summed E-state index contributed by atoms with van der Waals surface area (Å²) in [5, 5.41) is 2.97. The molecule has 0 heterocycles. The van der Waals surface area contributed by atoms with Crippen LogP contribution in [0.5, 0.6) is 11.5 Å². The first-order valence-corrected chi connectivity index (χ1v) is 8.65. The van der Waals surface area contributed by atoms with E-state index in [1.165, 1.54) is 11.1 Å². The lowest BCUT2D eigenvalue weighted by atomic mass is 10.1. The second-order valence-corrected chi connectivity index (χ2v) is 6.34. The molecule has 134 valence electrons. The van der Waals surface area contributed by atoms with Crippen molar-refractivity contribution in [3.8, 4) is 11.5 Å². The van der Waals surface area contributed by atoms with Crippen molar-refractivity contribution in [2.45, 2.75) is 40.7 Å². The van der Waals surface area contributed by atoms with Gasteiger partial charge in [0.2, 0.25) is 0 Å². The van der Waals surface area contributed by atoms with Crippen LogP contribution >= 0.6 is 0 Å². The molecule has 2 aromatic rings. The van der Waals surface area contributed by atoms with Crippen molar-refractivity contribution in [1.82, 2.24) is 5.32 Å². The van der Waals surface area contributed by atoms with Crippen LogP contribution in [0.15, 0.2) is 36.4 Å². The predicted octanol–water partition coefficient (Wildman–Crippen LogP) is 4.21. The number of carbonyl (C=O) groups excluding carboxylic acids is 1. The number of aryl methyl sites for hydroxylation is 3. The van der Waals surface area contributed by atoms with E-state index in [-0.39, 0.29) is 11.9 Å². The van der Waals surface area contributed by atoms with E-state index in [2.05, 4.69) is 19.2 Å². The van der Waals surface area contributed by atoms with Crippen LogP contribution in [0.25, 0.3) is 0 Å². The van der Waals surface area contributed by atoms with E-state index >= 15 is 0 Å². The van der Waals surface area contributed by atoms with E-state index < -0.39 is 0 Å². The minimum atomic E-state index is -0.109. The first kappa shape index (κ1) is 18.8. The van der Waals surface area contributed by atoms with Crippen molar-refractivity contribution < 1.29 is 14.3 Å². The Morgan fingerprint density at radius 2 is 1.76 bits per heavy atom. The van der Waals surface area contributed by atoms with Gasteiger partial charge in [0.15, 0.2) is 0 Å². The minimum absolute atomic E-state index is 0.0963. The average molecular weight is 341 g/mol. The second-order valence-electron chi connectivity index (χ2n) is 6.34. The molecular formula is C21H27NO3. The first-order valence-electron chi connectivity index (χ1n) is 8.65. The number of carbonyl (C=O) groups is 1. The summed E-state index contributed by atoms with van der Waals surface area (Å²) < 4.78 is 11.3. The van der Waals surface area contributed by atoms with E-state index in [1.54, 1.807) is 6.07 Å². The van der Waals surface area contributed by atoms with Gasteiger partial charge in [0.1, 0.15) is 18.1 Å². The number of benzene rings is 2. The highest BCUT2D eigenvalue weighted by atomic mass is 16.5. The second kappa shape index (κ2) is 8.56. The van der Waals surface area contributed by atoms with Gasteiger partial charge in [0.05, 0.1) is 12.6 Å². The molecule has 0 aliphatic heterocycles. The summed E-state index contributed by atoms with van der Waals surface area (Å²) in [6, 6.07) is 11.4. The molecule has 0 aliphatic carbocycles. The van der Waals surface area contributed by atoms with Gasteiger partial charge in [-0.3, -0.25) is 4.79 Å². The zero-order chi connectivity index (χ0) is 18.4. The van der Waals surface area contributed by atoms with Crippen molar-refractivity contribution in [2.24, 2.45) is 0 Å². The fourth-order valence-corrected chi connectivity index (χ4v) is 2.48. The highest BCUT2D eigenvalue weighted by Crippen LogP contribution is 2.19. The van der Waals surface area contributed by atoms with Crippen molar-refractivity contribution in [2.75, 3.05) is 13.2 Å². The molecule has 0 radical (unpaired) electrons. The average Bonchev–Trinajstić information content (AvgIpc) is 2.58. The van der Waals surface area contributed by atoms with Gasteiger partial charge in [0.25, 0.3) is 5.91 Å². The molecule has 2 rings (SSSR count). The normalized spacial score (nSPS) is 11.7. The number of rotatable bonds is 7. The van der Waals surface area contributed by atoms with Crippen molar-refractivity contribution >= 4 is 5.91 Å². The quantitative estimate of drug-likeness (QED) is 0.821. The monoisotopic (exact) mass is 341 g/mol. The van der Waals surface area contributed by atoms with Crippen molar-refractivity contribution in [3.63, 3.8) is 0 Å². The van der Waals surface area contributed by atoms with Crippen LogP contribution in [0.1, 0.15) is 40.9 Å². The molecule has 0 saturated carbocycles. The summed E-state index contributed by atoms with van der Waals surface area (Å²) >= 11 is 0. The molecule has 4 nitrogen and oxygen atoms in total. The molecule has 0 aliphatic rings. The van der Waals surface area contributed by atoms with Gasteiger partial charge in [-0.1, -0.05) is 6.07 Å². The third kappa shape index (κ3) is 5.24. The Bertz CT molecular complexity index is 740. The number of hydrogen-bond donors (Lipinski definition) is 1. The van der Waals surface area contributed by atoms with Crippen LogP contribution in [-0.4, -0.2) is 25.2 Å². The molecule has 1 atom stereocenters. The SMILES string of the molecule is CCOc1ccc(C(=O)N[C@H](C)COc2ccc(C)c(C)c2)cc1C. The van der Waals surface area contributed by atoms with Gasteiger partial charge in [0, 0.05) is 5.56 Å². The summed E-state index contributed by atoms with van der Waals surface area (Å²) in [6.45, 7) is 11.0. The van der Waals surface area contributed by atoms with E-state index in [0.717, 1.165) is 17.1 Å². The summed E-state index contributed by atoms with van der Waals surface area (Å²) in [5.41, 5.74) is 4.01. The first-order chi connectivity index (χ1) is 11.9. The highest BCUT2D eigenvalue weighted by molar-refractivity contribution is 5.94. The molecule has 25 heavy (non-hydrogen) atoms. The third-order valence-electron chi connectivity index (χ3n) is 4.09. The Labute approximate surface area is 150 Å². The van der Waals surface area contributed by atoms with Crippen molar-refractivity contribution in [1.29, 1.82) is 0 Å². The molecule has 2 aromatic carbocycles. The molecule has 4 heteroatoms. The number of nitrogens with one attached hydrogen (secondary N) is 1. The van der Waals surface area contributed by atoms with E-state index in [9.17, 15) is 4.79 Å². The maximum atomic E-state index is 12.4. The number of ether oxygens (including phenoxy) is 2. The van der Waals surface area contributed by atoms with Crippen LogP contribution in [0.4, 0.5) is 0 Å². The molecule has 0 bridgehead atoms. The van der Waals surface area contributed by atoms with Gasteiger partial charge in [-0.15, -0.1) is 0 Å². The zero-order valence-electron chi connectivity index (χ0n) is 15.7. The Balaban J connectivity index is 1.91. The Kier molecular flexibility index (Phi) is 6.45. The fourth-order valence-electron chi connectivity index (χ4n) is 2.48. The van der Waals surface area contributed by atoms with E-state index in [1.807, 2.05) is 51.1 Å². The standard InChI is InChI=1S/C21H27NO3/c1-6-24-20-10-8-18(11-16(20)4)21(23)22-17(5)13-25-19-9-7-14(2)15(3)12-19/h7-12,17H,6,13H2,1-5H3,(H,22,23)/t17-/m1/s1. The maximum absolute atomic E-state index is 12.4. The Hall–Kier alpha value is -2.49. The smallest absolute Gasteiger partial charge is 0.251 e. The minimum Gasteiger partial charge on any atom is -0.494 e.